The second-order valence-electron chi connectivity index (χ2n) is 2.48. The molecule has 0 aromatic carbocycles. The van der Waals surface area contributed by atoms with Crippen molar-refractivity contribution in [3.63, 3.8) is 0 Å². The van der Waals surface area contributed by atoms with Crippen LogP contribution in [0.4, 0.5) is 0 Å². The molecule has 1 heterocycles. The molecular formula is C7H13N3O. The van der Waals surface area contributed by atoms with Gasteiger partial charge in [0.2, 0.25) is 5.91 Å². The van der Waals surface area contributed by atoms with E-state index in [1.54, 1.807) is 4.90 Å². The van der Waals surface area contributed by atoms with Gasteiger partial charge in [-0.1, -0.05) is 6.58 Å². The summed E-state index contributed by atoms with van der Waals surface area (Å²) in [6.07, 6.45) is 1.42. The lowest BCUT2D eigenvalue weighted by Crippen LogP contribution is -2.58. The summed E-state index contributed by atoms with van der Waals surface area (Å²) in [7, 11) is 0. The number of carbonyl (C=O) groups is 1. The molecule has 1 aliphatic heterocycles. The van der Waals surface area contributed by atoms with Crippen molar-refractivity contribution in [1.29, 1.82) is 0 Å². The summed E-state index contributed by atoms with van der Waals surface area (Å²) in [6, 6.07) is 0. The Balaban J connectivity index is 2.53. The molecule has 4 nitrogen and oxygen atoms in total. The van der Waals surface area contributed by atoms with Crippen molar-refractivity contribution in [2.75, 3.05) is 13.3 Å². The minimum Gasteiger partial charge on any atom is -0.311 e. The second kappa shape index (κ2) is 3.50. The summed E-state index contributed by atoms with van der Waals surface area (Å²) in [5.41, 5.74) is 0. The van der Waals surface area contributed by atoms with E-state index in [2.05, 4.69) is 17.2 Å². The van der Waals surface area contributed by atoms with Crippen LogP contribution in [0.1, 0.15) is 6.92 Å². The predicted octanol–water partition coefficient (Wildman–Crippen LogP) is -0.545. The monoisotopic (exact) mass is 155 g/mol. The van der Waals surface area contributed by atoms with Crippen LogP contribution < -0.4 is 10.6 Å². The fourth-order valence-electron chi connectivity index (χ4n) is 1.03. The average molecular weight is 155 g/mol. The third-order valence-corrected chi connectivity index (χ3v) is 1.73. The summed E-state index contributed by atoms with van der Waals surface area (Å²) in [6.45, 7) is 6.72. The van der Waals surface area contributed by atoms with Crippen LogP contribution >= 0.6 is 0 Å². The highest BCUT2D eigenvalue weighted by Gasteiger charge is 2.19. The Morgan fingerprint density at radius 3 is 3.09 bits per heavy atom. The zero-order chi connectivity index (χ0) is 8.27. The second-order valence-corrected chi connectivity index (χ2v) is 2.48. The molecule has 1 saturated heterocycles. The molecular weight excluding hydrogens is 142 g/mol. The number of nitrogens with one attached hydrogen (secondary N) is 2. The van der Waals surface area contributed by atoms with Crippen LogP contribution in [0.25, 0.3) is 0 Å². The normalized spacial score (nSPS) is 24.8. The number of hydrogen-bond donors (Lipinski definition) is 2. The van der Waals surface area contributed by atoms with Crippen LogP contribution in [-0.4, -0.2) is 30.3 Å². The first-order chi connectivity index (χ1) is 5.25. The van der Waals surface area contributed by atoms with Gasteiger partial charge in [-0.2, -0.15) is 0 Å². The predicted molar refractivity (Wildman–Crippen MR) is 42.5 cm³/mol. The maximum Gasteiger partial charge on any atom is 0.248 e. The van der Waals surface area contributed by atoms with Gasteiger partial charge >= 0.3 is 0 Å². The highest BCUT2D eigenvalue weighted by molar-refractivity contribution is 5.87. The highest BCUT2D eigenvalue weighted by atomic mass is 16.2. The molecule has 0 radical (unpaired) electrons. The molecule has 0 saturated carbocycles. The standard InChI is InChI=1S/C7H13N3O/c1-3-7(11)10-5-8-4-9-6(10)2/h3,6,8-9H,1,4-5H2,2H3. The molecule has 1 amide bonds. The number of carbonyl (C=O) groups excluding carboxylic acids is 1. The Morgan fingerprint density at radius 2 is 2.55 bits per heavy atom. The van der Waals surface area contributed by atoms with Crippen LogP contribution in [-0.2, 0) is 4.79 Å². The number of rotatable bonds is 1. The van der Waals surface area contributed by atoms with E-state index in [0.29, 0.717) is 6.67 Å². The Morgan fingerprint density at radius 1 is 1.82 bits per heavy atom. The molecule has 1 fully saturated rings. The molecule has 11 heavy (non-hydrogen) atoms. The number of amides is 1. The molecule has 1 rings (SSSR count). The maximum absolute atomic E-state index is 11.1. The molecule has 1 atom stereocenters. The van der Waals surface area contributed by atoms with Crippen molar-refractivity contribution in [2.24, 2.45) is 0 Å². The molecule has 0 bridgehead atoms. The summed E-state index contributed by atoms with van der Waals surface area (Å²) in [5, 5.41) is 6.12. The minimum atomic E-state index is -0.0443. The van der Waals surface area contributed by atoms with Crippen molar-refractivity contribution >= 4 is 5.91 Å². The van der Waals surface area contributed by atoms with Gasteiger partial charge in [-0.15, -0.1) is 0 Å². The van der Waals surface area contributed by atoms with Crippen molar-refractivity contribution in [2.45, 2.75) is 13.1 Å². The van der Waals surface area contributed by atoms with Gasteiger partial charge in [-0.3, -0.25) is 15.4 Å². The Kier molecular flexibility index (Phi) is 2.62. The first kappa shape index (κ1) is 8.23. The number of hydrogen-bond acceptors (Lipinski definition) is 3. The SMILES string of the molecule is C=CC(=O)N1CNCNC1C. The molecule has 4 heteroatoms. The lowest BCUT2D eigenvalue weighted by Gasteiger charge is -2.33. The Bertz CT molecular complexity index is 169. The average Bonchev–Trinajstić information content (AvgIpc) is 2.04. The molecule has 2 N–H and O–H groups in total. The largest absolute Gasteiger partial charge is 0.311 e. The smallest absolute Gasteiger partial charge is 0.248 e. The van der Waals surface area contributed by atoms with Crippen molar-refractivity contribution < 1.29 is 4.79 Å². The molecule has 0 aromatic rings. The van der Waals surface area contributed by atoms with Gasteiger partial charge in [0.15, 0.2) is 0 Å². The lowest BCUT2D eigenvalue weighted by atomic mass is 10.4. The summed E-state index contributed by atoms with van der Waals surface area (Å²) >= 11 is 0. The maximum atomic E-state index is 11.1. The zero-order valence-corrected chi connectivity index (χ0v) is 6.63. The Labute approximate surface area is 66.3 Å². The van der Waals surface area contributed by atoms with E-state index in [1.165, 1.54) is 6.08 Å². The van der Waals surface area contributed by atoms with Gasteiger partial charge in [-0.25, -0.2) is 0 Å². The first-order valence-corrected chi connectivity index (χ1v) is 3.63. The minimum absolute atomic E-state index is 0.0443. The number of nitrogens with zero attached hydrogens (tertiary/aromatic N) is 1. The van der Waals surface area contributed by atoms with E-state index in [-0.39, 0.29) is 12.1 Å². The quantitative estimate of drug-likeness (QED) is 0.500. The van der Waals surface area contributed by atoms with Gasteiger partial charge in [0.1, 0.15) is 0 Å². The van der Waals surface area contributed by atoms with Gasteiger partial charge in [0, 0.05) is 6.67 Å². The molecule has 1 unspecified atom stereocenters. The van der Waals surface area contributed by atoms with Gasteiger partial charge in [0.05, 0.1) is 12.8 Å². The Hall–Kier alpha value is -0.870. The van der Waals surface area contributed by atoms with Crippen LogP contribution in [0.2, 0.25) is 0 Å². The van der Waals surface area contributed by atoms with Crippen LogP contribution in [0.15, 0.2) is 12.7 Å². The highest BCUT2D eigenvalue weighted by Crippen LogP contribution is 1.98. The fourth-order valence-corrected chi connectivity index (χ4v) is 1.03. The molecule has 62 valence electrons. The summed E-state index contributed by atoms with van der Waals surface area (Å²) in [4.78, 5) is 12.8. The van der Waals surface area contributed by atoms with E-state index < -0.39 is 0 Å². The van der Waals surface area contributed by atoms with Crippen LogP contribution in [0.3, 0.4) is 0 Å². The molecule has 1 aliphatic rings. The van der Waals surface area contributed by atoms with Crippen molar-refractivity contribution in [1.82, 2.24) is 15.5 Å². The van der Waals surface area contributed by atoms with Gasteiger partial charge in [-0.05, 0) is 13.0 Å². The van der Waals surface area contributed by atoms with Crippen LogP contribution in [0, 0.1) is 0 Å². The van der Waals surface area contributed by atoms with E-state index in [1.807, 2.05) is 6.92 Å². The van der Waals surface area contributed by atoms with Crippen molar-refractivity contribution in [3.05, 3.63) is 12.7 Å². The molecule has 0 aliphatic carbocycles. The van der Waals surface area contributed by atoms with E-state index >= 15 is 0 Å². The molecule has 0 aromatic heterocycles. The van der Waals surface area contributed by atoms with Gasteiger partial charge in [0.25, 0.3) is 0 Å². The zero-order valence-electron chi connectivity index (χ0n) is 6.63. The molecule has 0 spiro atoms. The van der Waals surface area contributed by atoms with Crippen LogP contribution in [0.5, 0.6) is 0 Å². The lowest BCUT2D eigenvalue weighted by molar-refractivity contribution is -0.130. The fraction of sp³-hybridized carbons (Fsp3) is 0.571. The summed E-state index contributed by atoms with van der Waals surface area (Å²) < 4.78 is 0. The van der Waals surface area contributed by atoms with Gasteiger partial charge < -0.3 is 4.90 Å². The van der Waals surface area contributed by atoms with Crippen molar-refractivity contribution in [3.8, 4) is 0 Å². The van der Waals surface area contributed by atoms with E-state index in [0.717, 1.165) is 6.67 Å². The topological polar surface area (TPSA) is 44.4 Å². The summed E-state index contributed by atoms with van der Waals surface area (Å²) in [5.74, 6) is -0.0443. The first-order valence-electron chi connectivity index (χ1n) is 3.63. The third-order valence-electron chi connectivity index (χ3n) is 1.73. The van der Waals surface area contributed by atoms with E-state index in [4.69, 9.17) is 0 Å². The third kappa shape index (κ3) is 1.78. The van der Waals surface area contributed by atoms with E-state index in [9.17, 15) is 4.79 Å².